The maximum Gasteiger partial charge on any atom is 0.312 e. The van der Waals surface area contributed by atoms with Gasteiger partial charge in [0.15, 0.2) is 0 Å². The molecule has 3 rings (SSSR count). The molecule has 1 heterocycles. The third-order valence-corrected chi connectivity index (χ3v) is 5.86. The predicted octanol–water partition coefficient (Wildman–Crippen LogP) is 4.51. The van der Waals surface area contributed by atoms with Crippen molar-refractivity contribution in [3.63, 3.8) is 0 Å². The average molecular weight is 443 g/mol. The SMILES string of the molecule is Cc1nn(Cc2ccc(C(=O)NCCCSc3ccc(F)cc3)cc2)c(C)c1[N+](=O)[O-]. The van der Waals surface area contributed by atoms with Crippen LogP contribution in [-0.2, 0) is 6.54 Å². The van der Waals surface area contributed by atoms with Gasteiger partial charge in [-0.25, -0.2) is 4.39 Å². The van der Waals surface area contributed by atoms with E-state index in [2.05, 4.69) is 10.4 Å². The Morgan fingerprint density at radius 2 is 1.84 bits per heavy atom. The first kappa shape index (κ1) is 22.5. The third kappa shape index (κ3) is 5.91. The number of hydrogen-bond donors (Lipinski definition) is 1. The number of aromatic nitrogens is 2. The molecular formula is C22H23FN4O3S. The van der Waals surface area contributed by atoms with Crippen molar-refractivity contribution in [2.45, 2.75) is 31.7 Å². The Bertz CT molecular complexity index is 1070. The average Bonchev–Trinajstić information content (AvgIpc) is 3.02. The molecule has 2 aromatic carbocycles. The van der Waals surface area contributed by atoms with Crippen LogP contribution in [0.1, 0.15) is 33.7 Å². The van der Waals surface area contributed by atoms with Gasteiger partial charge in [0.25, 0.3) is 5.91 Å². The van der Waals surface area contributed by atoms with Crippen LogP contribution in [0.5, 0.6) is 0 Å². The lowest BCUT2D eigenvalue weighted by atomic mass is 10.1. The molecule has 0 atom stereocenters. The van der Waals surface area contributed by atoms with Gasteiger partial charge in [-0.3, -0.25) is 19.6 Å². The molecule has 0 bridgehead atoms. The Balaban J connectivity index is 1.47. The molecule has 9 heteroatoms. The lowest BCUT2D eigenvalue weighted by Crippen LogP contribution is -2.24. The molecule has 0 fully saturated rings. The Kier molecular flexibility index (Phi) is 7.41. The Morgan fingerprint density at radius 3 is 2.45 bits per heavy atom. The minimum Gasteiger partial charge on any atom is -0.352 e. The zero-order valence-electron chi connectivity index (χ0n) is 17.3. The monoisotopic (exact) mass is 442 g/mol. The van der Waals surface area contributed by atoms with Crippen LogP contribution in [0.15, 0.2) is 53.4 Å². The van der Waals surface area contributed by atoms with Gasteiger partial charge in [0, 0.05) is 17.0 Å². The summed E-state index contributed by atoms with van der Waals surface area (Å²) >= 11 is 1.62. The quantitative estimate of drug-likeness (QED) is 0.228. The van der Waals surface area contributed by atoms with Crippen LogP contribution >= 0.6 is 11.8 Å². The van der Waals surface area contributed by atoms with E-state index in [0.29, 0.717) is 30.0 Å². The van der Waals surface area contributed by atoms with Crippen molar-refractivity contribution in [2.75, 3.05) is 12.3 Å². The predicted molar refractivity (Wildman–Crippen MR) is 118 cm³/mol. The summed E-state index contributed by atoms with van der Waals surface area (Å²) in [6.45, 7) is 4.23. The van der Waals surface area contributed by atoms with E-state index in [0.717, 1.165) is 22.6 Å². The number of rotatable bonds is 9. The minimum absolute atomic E-state index is 0.0357. The van der Waals surface area contributed by atoms with Crippen molar-refractivity contribution in [1.82, 2.24) is 15.1 Å². The van der Waals surface area contributed by atoms with Crippen LogP contribution in [0.4, 0.5) is 10.1 Å². The number of nitrogens with one attached hydrogen (secondary N) is 1. The largest absolute Gasteiger partial charge is 0.352 e. The Labute approximate surface area is 183 Å². The zero-order valence-corrected chi connectivity index (χ0v) is 18.1. The van der Waals surface area contributed by atoms with Crippen molar-refractivity contribution in [3.05, 3.63) is 87.0 Å². The molecule has 0 radical (unpaired) electrons. The van der Waals surface area contributed by atoms with Gasteiger partial charge < -0.3 is 5.32 Å². The Morgan fingerprint density at radius 1 is 1.16 bits per heavy atom. The topological polar surface area (TPSA) is 90.1 Å². The van der Waals surface area contributed by atoms with Gasteiger partial charge in [0.05, 0.1) is 11.5 Å². The maximum absolute atomic E-state index is 12.9. The van der Waals surface area contributed by atoms with E-state index in [1.165, 1.54) is 12.1 Å². The first-order chi connectivity index (χ1) is 14.8. The van der Waals surface area contributed by atoms with Crippen molar-refractivity contribution >= 4 is 23.4 Å². The highest BCUT2D eigenvalue weighted by Crippen LogP contribution is 2.22. The summed E-state index contributed by atoms with van der Waals surface area (Å²) in [6.07, 6.45) is 0.794. The van der Waals surface area contributed by atoms with Gasteiger partial charge in [-0.2, -0.15) is 5.10 Å². The fourth-order valence-electron chi connectivity index (χ4n) is 3.14. The van der Waals surface area contributed by atoms with Crippen LogP contribution in [-0.4, -0.2) is 32.9 Å². The van der Waals surface area contributed by atoms with E-state index in [1.54, 1.807) is 54.6 Å². The van der Waals surface area contributed by atoms with Crippen molar-refractivity contribution in [2.24, 2.45) is 0 Å². The highest BCUT2D eigenvalue weighted by atomic mass is 32.2. The second-order valence-corrected chi connectivity index (χ2v) is 8.21. The summed E-state index contributed by atoms with van der Waals surface area (Å²) in [6, 6.07) is 13.5. The lowest BCUT2D eigenvalue weighted by Gasteiger charge is -2.07. The second kappa shape index (κ2) is 10.2. The number of aryl methyl sites for hydroxylation is 1. The number of halogens is 1. The van der Waals surface area contributed by atoms with Gasteiger partial charge in [0.1, 0.15) is 17.2 Å². The fraction of sp³-hybridized carbons (Fsp3) is 0.273. The molecule has 0 saturated carbocycles. The van der Waals surface area contributed by atoms with Crippen LogP contribution in [0.3, 0.4) is 0 Å². The molecule has 1 aromatic heterocycles. The molecule has 31 heavy (non-hydrogen) atoms. The number of thioether (sulfide) groups is 1. The first-order valence-corrected chi connectivity index (χ1v) is 10.8. The van der Waals surface area contributed by atoms with Crippen molar-refractivity contribution in [1.29, 1.82) is 0 Å². The highest BCUT2D eigenvalue weighted by molar-refractivity contribution is 7.99. The molecule has 0 spiro atoms. The standard InChI is InChI=1S/C22H23FN4O3S/c1-15-21(27(29)30)16(2)26(25-15)14-17-4-6-18(7-5-17)22(28)24-12-3-13-31-20-10-8-19(23)9-11-20/h4-11H,3,12-14H2,1-2H3,(H,24,28). The van der Waals surface area contributed by atoms with Gasteiger partial charge in [-0.15, -0.1) is 11.8 Å². The number of nitrogens with zero attached hydrogens (tertiary/aromatic N) is 3. The second-order valence-electron chi connectivity index (χ2n) is 7.04. The number of carbonyl (C=O) groups excluding carboxylic acids is 1. The number of amides is 1. The first-order valence-electron chi connectivity index (χ1n) is 9.79. The summed E-state index contributed by atoms with van der Waals surface area (Å²) in [5.41, 5.74) is 2.37. The number of benzene rings is 2. The number of carbonyl (C=O) groups is 1. The van der Waals surface area contributed by atoms with Gasteiger partial charge in [-0.05, 0) is 68.0 Å². The van der Waals surface area contributed by atoms with Crippen molar-refractivity contribution < 1.29 is 14.1 Å². The van der Waals surface area contributed by atoms with E-state index in [1.807, 2.05) is 12.1 Å². The molecule has 1 N–H and O–H groups in total. The van der Waals surface area contributed by atoms with Crippen molar-refractivity contribution in [3.8, 4) is 0 Å². The molecule has 0 aliphatic rings. The molecule has 0 aliphatic carbocycles. The highest BCUT2D eigenvalue weighted by Gasteiger charge is 2.21. The lowest BCUT2D eigenvalue weighted by molar-refractivity contribution is -0.386. The fourth-order valence-corrected chi connectivity index (χ4v) is 3.99. The third-order valence-electron chi connectivity index (χ3n) is 4.76. The van der Waals surface area contributed by atoms with E-state index in [-0.39, 0.29) is 17.4 Å². The summed E-state index contributed by atoms with van der Waals surface area (Å²) < 4.78 is 14.5. The van der Waals surface area contributed by atoms with E-state index in [9.17, 15) is 19.3 Å². The minimum atomic E-state index is -0.417. The molecule has 162 valence electrons. The molecule has 0 aliphatic heterocycles. The summed E-state index contributed by atoms with van der Waals surface area (Å²) in [7, 11) is 0. The van der Waals surface area contributed by atoms with Crippen LogP contribution in [0, 0.1) is 29.8 Å². The maximum atomic E-state index is 12.9. The van der Waals surface area contributed by atoms with E-state index < -0.39 is 4.92 Å². The molecule has 0 unspecified atom stereocenters. The van der Waals surface area contributed by atoms with Crippen LogP contribution < -0.4 is 5.32 Å². The van der Waals surface area contributed by atoms with Crippen LogP contribution in [0.25, 0.3) is 0 Å². The molecule has 7 nitrogen and oxygen atoms in total. The number of hydrogen-bond acceptors (Lipinski definition) is 5. The summed E-state index contributed by atoms with van der Waals surface area (Å²) in [5, 5.41) is 18.3. The smallest absolute Gasteiger partial charge is 0.312 e. The molecule has 1 amide bonds. The Hall–Kier alpha value is -3.20. The van der Waals surface area contributed by atoms with Gasteiger partial charge in [-0.1, -0.05) is 12.1 Å². The van der Waals surface area contributed by atoms with E-state index in [4.69, 9.17) is 0 Å². The molecule has 0 saturated heterocycles. The van der Waals surface area contributed by atoms with Crippen LogP contribution in [0.2, 0.25) is 0 Å². The molecular weight excluding hydrogens is 419 g/mol. The number of nitro groups is 1. The normalized spacial score (nSPS) is 10.8. The zero-order chi connectivity index (χ0) is 22.4. The van der Waals surface area contributed by atoms with Gasteiger partial charge in [0.2, 0.25) is 0 Å². The molecule has 3 aromatic rings. The summed E-state index contributed by atoms with van der Waals surface area (Å²) in [5.74, 6) is 0.415. The summed E-state index contributed by atoms with van der Waals surface area (Å²) in [4.78, 5) is 24.0. The van der Waals surface area contributed by atoms with Gasteiger partial charge >= 0.3 is 5.69 Å². The van der Waals surface area contributed by atoms with E-state index >= 15 is 0 Å².